The molecule has 1 unspecified atom stereocenters. The van der Waals surface area contributed by atoms with E-state index in [2.05, 4.69) is 5.32 Å². The number of rotatable bonds is 5. The Labute approximate surface area is 125 Å². The molecule has 5 heteroatoms. The van der Waals surface area contributed by atoms with Crippen molar-refractivity contribution in [3.8, 4) is 0 Å². The molecular weight excluding hydrogens is 268 g/mol. The molecule has 1 aliphatic heterocycles. The molecular formula is C16H22N2O3. The fourth-order valence-electron chi connectivity index (χ4n) is 2.78. The van der Waals surface area contributed by atoms with Gasteiger partial charge >= 0.3 is 5.97 Å². The quantitative estimate of drug-likeness (QED) is 0.869. The summed E-state index contributed by atoms with van der Waals surface area (Å²) in [7, 11) is 0. The topological polar surface area (TPSA) is 69.6 Å². The summed E-state index contributed by atoms with van der Waals surface area (Å²) in [6.45, 7) is 4.84. The Morgan fingerprint density at radius 1 is 1.38 bits per heavy atom. The Morgan fingerprint density at radius 2 is 2.10 bits per heavy atom. The molecule has 0 aliphatic carbocycles. The largest absolute Gasteiger partial charge is 0.481 e. The minimum absolute atomic E-state index is 0.0458. The maximum Gasteiger partial charge on any atom is 0.305 e. The average Bonchev–Trinajstić information content (AvgIpc) is 2.88. The summed E-state index contributed by atoms with van der Waals surface area (Å²) in [5.41, 5.74) is 1.16. The molecule has 1 saturated heterocycles. The Balaban J connectivity index is 2.29. The van der Waals surface area contributed by atoms with Crippen LogP contribution >= 0.6 is 0 Å². The van der Waals surface area contributed by atoms with E-state index in [0.717, 1.165) is 30.6 Å². The van der Waals surface area contributed by atoms with E-state index < -0.39 is 11.5 Å². The standard InChI is InChI=1S/C16H22N2O3/c1-12-6-3-4-7-13(12)18(11-8-14(19)20)15(21)16(2)9-5-10-17-16/h3-4,6-7,17H,5,8-11H2,1-2H3,(H,19,20). The number of para-hydroxylation sites is 1. The van der Waals surface area contributed by atoms with E-state index in [4.69, 9.17) is 5.11 Å². The third kappa shape index (κ3) is 3.42. The maximum absolute atomic E-state index is 12.9. The van der Waals surface area contributed by atoms with Crippen molar-refractivity contribution >= 4 is 17.6 Å². The number of carbonyl (C=O) groups excluding carboxylic acids is 1. The van der Waals surface area contributed by atoms with E-state index in [-0.39, 0.29) is 18.9 Å². The first-order chi connectivity index (χ1) is 9.94. The van der Waals surface area contributed by atoms with Gasteiger partial charge in [0.15, 0.2) is 0 Å². The average molecular weight is 290 g/mol. The molecule has 2 N–H and O–H groups in total. The van der Waals surface area contributed by atoms with E-state index in [0.29, 0.717) is 0 Å². The highest BCUT2D eigenvalue weighted by Gasteiger charge is 2.39. The summed E-state index contributed by atoms with van der Waals surface area (Å²) in [5.74, 6) is -0.943. The monoisotopic (exact) mass is 290 g/mol. The van der Waals surface area contributed by atoms with Crippen LogP contribution in [0.3, 0.4) is 0 Å². The number of anilines is 1. The van der Waals surface area contributed by atoms with Crippen LogP contribution in [0.1, 0.15) is 31.7 Å². The second-order valence-electron chi connectivity index (χ2n) is 5.75. The van der Waals surface area contributed by atoms with Gasteiger partial charge in [0.2, 0.25) is 5.91 Å². The number of amides is 1. The SMILES string of the molecule is Cc1ccccc1N(CCC(=O)O)C(=O)C1(C)CCCN1. The van der Waals surface area contributed by atoms with Crippen LogP contribution in [-0.2, 0) is 9.59 Å². The molecule has 1 atom stereocenters. The van der Waals surface area contributed by atoms with Gasteiger partial charge in [-0.05, 0) is 44.9 Å². The molecule has 1 aromatic carbocycles. The first-order valence-corrected chi connectivity index (χ1v) is 7.28. The van der Waals surface area contributed by atoms with Crippen LogP contribution in [0.15, 0.2) is 24.3 Å². The lowest BCUT2D eigenvalue weighted by Gasteiger charge is -2.32. The molecule has 2 rings (SSSR count). The molecule has 1 aliphatic rings. The molecule has 114 valence electrons. The van der Waals surface area contributed by atoms with Crippen molar-refractivity contribution in [2.75, 3.05) is 18.0 Å². The predicted molar refractivity (Wildman–Crippen MR) is 81.4 cm³/mol. The molecule has 0 aromatic heterocycles. The van der Waals surface area contributed by atoms with Gasteiger partial charge in [0.1, 0.15) is 0 Å². The summed E-state index contributed by atoms with van der Waals surface area (Å²) in [4.78, 5) is 25.4. The van der Waals surface area contributed by atoms with Crippen molar-refractivity contribution in [1.82, 2.24) is 5.32 Å². The first-order valence-electron chi connectivity index (χ1n) is 7.28. The number of carboxylic acid groups (broad SMARTS) is 1. The number of carbonyl (C=O) groups is 2. The molecule has 1 fully saturated rings. The van der Waals surface area contributed by atoms with Crippen LogP contribution in [0, 0.1) is 6.92 Å². The molecule has 0 bridgehead atoms. The van der Waals surface area contributed by atoms with Crippen LogP contribution in [-0.4, -0.2) is 35.6 Å². The molecule has 0 saturated carbocycles. The van der Waals surface area contributed by atoms with E-state index in [1.54, 1.807) is 4.90 Å². The highest BCUT2D eigenvalue weighted by atomic mass is 16.4. The number of nitrogens with zero attached hydrogens (tertiary/aromatic N) is 1. The maximum atomic E-state index is 12.9. The number of hydrogen-bond acceptors (Lipinski definition) is 3. The number of nitrogens with one attached hydrogen (secondary N) is 1. The summed E-state index contributed by atoms with van der Waals surface area (Å²) in [5, 5.41) is 12.2. The zero-order chi connectivity index (χ0) is 15.5. The fraction of sp³-hybridized carbons (Fsp3) is 0.500. The van der Waals surface area contributed by atoms with Gasteiger partial charge in [0, 0.05) is 12.2 Å². The molecule has 1 amide bonds. The lowest BCUT2D eigenvalue weighted by Crippen LogP contribution is -2.53. The molecule has 1 aromatic rings. The third-order valence-corrected chi connectivity index (χ3v) is 4.04. The van der Waals surface area contributed by atoms with Gasteiger partial charge in [0.05, 0.1) is 12.0 Å². The molecule has 21 heavy (non-hydrogen) atoms. The van der Waals surface area contributed by atoms with Crippen molar-refractivity contribution in [1.29, 1.82) is 0 Å². The number of carboxylic acids is 1. The summed E-state index contributed by atoms with van der Waals surface area (Å²) < 4.78 is 0. The molecule has 0 radical (unpaired) electrons. The van der Waals surface area contributed by atoms with Gasteiger partial charge < -0.3 is 15.3 Å². The van der Waals surface area contributed by atoms with E-state index in [9.17, 15) is 9.59 Å². The highest BCUT2D eigenvalue weighted by molar-refractivity contribution is 6.01. The Bertz CT molecular complexity index is 536. The lowest BCUT2D eigenvalue weighted by atomic mass is 9.97. The van der Waals surface area contributed by atoms with E-state index >= 15 is 0 Å². The Morgan fingerprint density at radius 3 is 2.67 bits per heavy atom. The van der Waals surface area contributed by atoms with Crippen LogP contribution in [0.4, 0.5) is 5.69 Å². The van der Waals surface area contributed by atoms with Crippen molar-refractivity contribution < 1.29 is 14.7 Å². The fourth-order valence-corrected chi connectivity index (χ4v) is 2.78. The van der Waals surface area contributed by atoms with Crippen LogP contribution in [0.5, 0.6) is 0 Å². The third-order valence-electron chi connectivity index (χ3n) is 4.04. The molecule has 5 nitrogen and oxygen atoms in total. The summed E-state index contributed by atoms with van der Waals surface area (Å²) >= 11 is 0. The number of hydrogen-bond donors (Lipinski definition) is 2. The van der Waals surface area contributed by atoms with Crippen LogP contribution in [0.2, 0.25) is 0 Å². The van der Waals surface area contributed by atoms with Crippen molar-refractivity contribution in [3.63, 3.8) is 0 Å². The number of benzene rings is 1. The minimum Gasteiger partial charge on any atom is -0.481 e. The van der Waals surface area contributed by atoms with Gasteiger partial charge in [0.25, 0.3) is 0 Å². The highest BCUT2D eigenvalue weighted by Crippen LogP contribution is 2.27. The van der Waals surface area contributed by atoms with Crippen molar-refractivity contribution in [2.24, 2.45) is 0 Å². The van der Waals surface area contributed by atoms with Crippen LogP contribution < -0.4 is 10.2 Å². The van der Waals surface area contributed by atoms with E-state index in [1.807, 2.05) is 38.1 Å². The number of aliphatic carboxylic acids is 1. The van der Waals surface area contributed by atoms with Gasteiger partial charge in [-0.1, -0.05) is 18.2 Å². The Hall–Kier alpha value is -1.88. The van der Waals surface area contributed by atoms with Gasteiger partial charge in [-0.3, -0.25) is 9.59 Å². The normalized spacial score (nSPS) is 21.2. The zero-order valence-corrected chi connectivity index (χ0v) is 12.6. The van der Waals surface area contributed by atoms with Gasteiger partial charge in [-0.2, -0.15) is 0 Å². The van der Waals surface area contributed by atoms with Crippen molar-refractivity contribution in [3.05, 3.63) is 29.8 Å². The molecule has 0 spiro atoms. The van der Waals surface area contributed by atoms with E-state index in [1.165, 1.54) is 0 Å². The summed E-state index contributed by atoms with van der Waals surface area (Å²) in [6, 6.07) is 7.58. The van der Waals surface area contributed by atoms with Gasteiger partial charge in [-0.25, -0.2) is 0 Å². The predicted octanol–water partition coefficient (Wildman–Crippen LogP) is 1.94. The van der Waals surface area contributed by atoms with Gasteiger partial charge in [-0.15, -0.1) is 0 Å². The molecule has 1 heterocycles. The number of aryl methyl sites for hydroxylation is 1. The second kappa shape index (κ2) is 6.26. The summed E-state index contributed by atoms with van der Waals surface area (Å²) in [6.07, 6.45) is 1.68. The first kappa shape index (κ1) is 15.5. The minimum atomic E-state index is -0.897. The zero-order valence-electron chi connectivity index (χ0n) is 12.6. The van der Waals surface area contributed by atoms with Crippen molar-refractivity contribution in [2.45, 2.75) is 38.6 Å². The lowest BCUT2D eigenvalue weighted by molar-refractivity contribution is -0.136. The smallest absolute Gasteiger partial charge is 0.305 e. The van der Waals surface area contributed by atoms with Crippen LogP contribution in [0.25, 0.3) is 0 Å². The second-order valence-corrected chi connectivity index (χ2v) is 5.75. The Kier molecular flexibility index (Phi) is 4.63.